The Hall–Kier alpha value is -1.12. The molecule has 0 radical (unpaired) electrons. The molecule has 2 nitrogen and oxygen atoms in total. The zero-order valence-electron chi connectivity index (χ0n) is 11.4. The summed E-state index contributed by atoms with van der Waals surface area (Å²) in [6.07, 6.45) is 4.17. The summed E-state index contributed by atoms with van der Waals surface area (Å²) in [4.78, 5) is 0. The van der Waals surface area contributed by atoms with Gasteiger partial charge in [-0.15, -0.1) is 6.58 Å². The molecule has 1 aromatic carbocycles. The fourth-order valence-corrected chi connectivity index (χ4v) is 2.11. The monoisotopic (exact) mass is 248 g/mol. The standard InChI is InChI=1S/C16H24O2/c1-4-8-16(18-14(3)11-13(2)17)12-15-9-6-5-7-10-15/h4-7,9-10,13-14,16-17H,1,8,11-12H2,2-3H3/t13-,14+,16+/m1/s1. The van der Waals surface area contributed by atoms with Gasteiger partial charge in [0.15, 0.2) is 0 Å². The maximum Gasteiger partial charge on any atom is 0.0653 e. The van der Waals surface area contributed by atoms with Gasteiger partial charge in [0.2, 0.25) is 0 Å². The van der Waals surface area contributed by atoms with Gasteiger partial charge in [-0.25, -0.2) is 0 Å². The van der Waals surface area contributed by atoms with Gasteiger partial charge in [-0.2, -0.15) is 0 Å². The molecule has 0 fully saturated rings. The maximum absolute atomic E-state index is 9.36. The first-order valence-corrected chi connectivity index (χ1v) is 6.60. The molecule has 0 aromatic heterocycles. The highest BCUT2D eigenvalue weighted by atomic mass is 16.5. The molecule has 0 bridgehead atoms. The molecular weight excluding hydrogens is 224 g/mol. The second kappa shape index (κ2) is 8.06. The highest BCUT2D eigenvalue weighted by Gasteiger charge is 2.14. The van der Waals surface area contributed by atoms with Gasteiger partial charge < -0.3 is 9.84 Å². The van der Waals surface area contributed by atoms with Crippen LogP contribution in [0.25, 0.3) is 0 Å². The number of aliphatic hydroxyl groups excluding tert-OH is 1. The van der Waals surface area contributed by atoms with Gasteiger partial charge in [0.05, 0.1) is 18.3 Å². The van der Waals surface area contributed by atoms with E-state index in [1.165, 1.54) is 5.56 Å². The average molecular weight is 248 g/mol. The van der Waals surface area contributed by atoms with Crippen molar-refractivity contribution in [3.8, 4) is 0 Å². The van der Waals surface area contributed by atoms with E-state index in [9.17, 15) is 5.11 Å². The third-order valence-corrected chi connectivity index (χ3v) is 2.83. The molecule has 0 spiro atoms. The zero-order valence-corrected chi connectivity index (χ0v) is 11.4. The molecule has 0 aliphatic heterocycles. The van der Waals surface area contributed by atoms with Gasteiger partial charge >= 0.3 is 0 Å². The summed E-state index contributed by atoms with van der Waals surface area (Å²) in [5, 5.41) is 9.36. The average Bonchev–Trinajstić information content (AvgIpc) is 2.29. The second-order valence-corrected chi connectivity index (χ2v) is 4.87. The molecule has 0 aliphatic rings. The maximum atomic E-state index is 9.36. The number of rotatable bonds is 8. The Morgan fingerprint density at radius 2 is 1.94 bits per heavy atom. The van der Waals surface area contributed by atoms with Crippen LogP contribution < -0.4 is 0 Å². The molecule has 1 rings (SSSR count). The number of hydrogen-bond donors (Lipinski definition) is 1. The van der Waals surface area contributed by atoms with E-state index in [1.54, 1.807) is 6.92 Å². The zero-order chi connectivity index (χ0) is 13.4. The van der Waals surface area contributed by atoms with E-state index in [0.29, 0.717) is 6.42 Å². The molecule has 3 atom stereocenters. The molecule has 0 saturated heterocycles. The Balaban J connectivity index is 2.51. The minimum absolute atomic E-state index is 0.0682. The second-order valence-electron chi connectivity index (χ2n) is 4.87. The van der Waals surface area contributed by atoms with E-state index >= 15 is 0 Å². The first-order valence-electron chi connectivity index (χ1n) is 6.60. The first-order chi connectivity index (χ1) is 8.61. The van der Waals surface area contributed by atoms with Crippen molar-refractivity contribution in [2.24, 2.45) is 0 Å². The molecule has 0 aliphatic carbocycles. The summed E-state index contributed by atoms with van der Waals surface area (Å²) < 4.78 is 5.97. The quantitative estimate of drug-likeness (QED) is 0.715. The molecular formula is C16H24O2. The molecule has 100 valence electrons. The van der Waals surface area contributed by atoms with Crippen LogP contribution in [0.15, 0.2) is 43.0 Å². The van der Waals surface area contributed by atoms with Crippen molar-refractivity contribution >= 4 is 0 Å². The molecule has 0 amide bonds. The molecule has 2 heteroatoms. The van der Waals surface area contributed by atoms with E-state index in [2.05, 4.69) is 18.7 Å². The van der Waals surface area contributed by atoms with Crippen molar-refractivity contribution in [2.45, 2.75) is 51.4 Å². The predicted octanol–water partition coefficient (Wildman–Crippen LogP) is 3.35. The lowest BCUT2D eigenvalue weighted by atomic mass is 10.1. The molecule has 18 heavy (non-hydrogen) atoms. The van der Waals surface area contributed by atoms with Crippen LogP contribution in [0.1, 0.15) is 32.3 Å². The van der Waals surface area contributed by atoms with Gasteiger partial charge in [-0.3, -0.25) is 0 Å². The van der Waals surface area contributed by atoms with Crippen LogP contribution in [0.2, 0.25) is 0 Å². The Labute approximate surface area is 110 Å². The van der Waals surface area contributed by atoms with Crippen LogP contribution in [0.4, 0.5) is 0 Å². The van der Waals surface area contributed by atoms with Crippen molar-refractivity contribution < 1.29 is 9.84 Å². The fourth-order valence-electron chi connectivity index (χ4n) is 2.11. The predicted molar refractivity (Wildman–Crippen MR) is 75.6 cm³/mol. The van der Waals surface area contributed by atoms with Gasteiger partial charge in [-0.05, 0) is 38.7 Å². The van der Waals surface area contributed by atoms with Crippen LogP contribution in [-0.2, 0) is 11.2 Å². The highest BCUT2D eigenvalue weighted by molar-refractivity contribution is 5.15. The molecule has 1 N–H and O–H groups in total. The van der Waals surface area contributed by atoms with Crippen LogP contribution in [-0.4, -0.2) is 23.4 Å². The third-order valence-electron chi connectivity index (χ3n) is 2.83. The van der Waals surface area contributed by atoms with Crippen molar-refractivity contribution in [1.29, 1.82) is 0 Å². The highest BCUT2D eigenvalue weighted by Crippen LogP contribution is 2.14. The topological polar surface area (TPSA) is 29.5 Å². The van der Waals surface area contributed by atoms with Crippen LogP contribution >= 0.6 is 0 Å². The fraction of sp³-hybridized carbons (Fsp3) is 0.500. The Morgan fingerprint density at radius 1 is 1.28 bits per heavy atom. The van der Waals surface area contributed by atoms with Crippen molar-refractivity contribution in [3.63, 3.8) is 0 Å². The Kier molecular flexibility index (Phi) is 6.69. The molecule has 1 aromatic rings. The molecule has 0 saturated carbocycles. The summed E-state index contributed by atoms with van der Waals surface area (Å²) >= 11 is 0. The summed E-state index contributed by atoms with van der Waals surface area (Å²) in [5.74, 6) is 0. The van der Waals surface area contributed by atoms with Gasteiger partial charge in [-0.1, -0.05) is 36.4 Å². The third kappa shape index (κ3) is 5.99. The summed E-state index contributed by atoms with van der Waals surface area (Å²) in [6, 6.07) is 10.3. The molecule has 0 heterocycles. The van der Waals surface area contributed by atoms with Crippen LogP contribution in [0.3, 0.4) is 0 Å². The normalized spacial score (nSPS) is 15.9. The van der Waals surface area contributed by atoms with E-state index in [1.807, 2.05) is 31.2 Å². The summed E-state index contributed by atoms with van der Waals surface area (Å²) in [7, 11) is 0. The van der Waals surface area contributed by atoms with E-state index in [-0.39, 0.29) is 18.3 Å². The lowest BCUT2D eigenvalue weighted by Crippen LogP contribution is -2.24. The van der Waals surface area contributed by atoms with E-state index in [0.717, 1.165) is 12.8 Å². The van der Waals surface area contributed by atoms with Gasteiger partial charge in [0.25, 0.3) is 0 Å². The smallest absolute Gasteiger partial charge is 0.0653 e. The lowest BCUT2D eigenvalue weighted by Gasteiger charge is -2.22. The van der Waals surface area contributed by atoms with E-state index in [4.69, 9.17) is 4.74 Å². The summed E-state index contributed by atoms with van der Waals surface area (Å²) in [6.45, 7) is 7.58. The van der Waals surface area contributed by atoms with E-state index < -0.39 is 0 Å². The number of benzene rings is 1. The number of hydrogen-bond acceptors (Lipinski definition) is 2. The largest absolute Gasteiger partial charge is 0.393 e. The van der Waals surface area contributed by atoms with Crippen molar-refractivity contribution in [2.75, 3.05) is 0 Å². The lowest BCUT2D eigenvalue weighted by molar-refractivity contribution is -0.0219. The van der Waals surface area contributed by atoms with Gasteiger partial charge in [0, 0.05) is 0 Å². The van der Waals surface area contributed by atoms with Crippen LogP contribution in [0.5, 0.6) is 0 Å². The minimum Gasteiger partial charge on any atom is -0.393 e. The van der Waals surface area contributed by atoms with Crippen molar-refractivity contribution in [3.05, 3.63) is 48.6 Å². The van der Waals surface area contributed by atoms with Gasteiger partial charge in [0.1, 0.15) is 0 Å². The first kappa shape index (κ1) is 14.9. The number of aliphatic hydroxyl groups is 1. The van der Waals surface area contributed by atoms with Crippen LogP contribution in [0, 0.1) is 0 Å². The molecule has 0 unspecified atom stereocenters. The Bertz CT molecular complexity index is 332. The SMILES string of the molecule is C=CC[C@@H](Cc1ccccc1)O[C@@H](C)C[C@@H](C)O. The van der Waals surface area contributed by atoms with Crippen molar-refractivity contribution in [1.82, 2.24) is 0 Å². The summed E-state index contributed by atoms with van der Waals surface area (Å²) in [5.41, 5.74) is 1.27. The number of ether oxygens (including phenoxy) is 1. The Morgan fingerprint density at radius 3 is 2.50 bits per heavy atom. The minimum atomic E-state index is -0.318.